The molecule has 1 rings (SSSR count). The van der Waals surface area contributed by atoms with Gasteiger partial charge in [0.1, 0.15) is 5.60 Å². The molecule has 0 radical (unpaired) electrons. The molecule has 1 aromatic rings. The first-order valence-corrected chi connectivity index (χ1v) is 7.05. The number of carbonyl (C=O) groups excluding carboxylic acids is 2. The van der Waals surface area contributed by atoms with E-state index in [1.807, 2.05) is 0 Å². The minimum Gasteiger partial charge on any atom is -0.444 e. The predicted octanol–water partition coefficient (Wildman–Crippen LogP) is 3.43. The molecule has 0 atom stereocenters. The largest absolute Gasteiger partial charge is 0.444 e. The molecule has 116 valence electrons. The van der Waals surface area contributed by atoms with Crippen molar-refractivity contribution in [1.29, 1.82) is 0 Å². The average molecular weight is 359 g/mol. The average Bonchev–Trinajstić information content (AvgIpc) is 2.37. The lowest BCUT2D eigenvalue weighted by Crippen LogP contribution is -2.27. The Bertz CT molecular complexity index is 540. The number of amides is 2. The first-order valence-electron chi connectivity index (χ1n) is 6.26. The maximum atomic E-state index is 11.9. The summed E-state index contributed by atoms with van der Waals surface area (Å²) >= 11 is 3.31. The zero-order chi connectivity index (χ0) is 16.2. The number of nitrogens with zero attached hydrogens (tertiary/aromatic N) is 1. The summed E-state index contributed by atoms with van der Waals surface area (Å²) in [5.41, 5.74) is 0.370. The number of benzene rings is 1. The number of hydrogen-bond donors (Lipinski definition) is 1. The molecule has 0 unspecified atom stereocenters. The van der Waals surface area contributed by atoms with E-state index in [4.69, 9.17) is 9.57 Å². The highest BCUT2D eigenvalue weighted by molar-refractivity contribution is 9.10. The van der Waals surface area contributed by atoms with Crippen molar-refractivity contribution in [3.63, 3.8) is 0 Å². The molecule has 6 nitrogen and oxygen atoms in total. The monoisotopic (exact) mass is 358 g/mol. The third-order valence-electron chi connectivity index (χ3n) is 2.41. The molecule has 0 aliphatic heterocycles. The van der Waals surface area contributed by atoms with Gasteiger partial charge in [-0.2, -0.15) is 0 Å². The zero-order valence-corrected chi connectivity index (χ0v) is 14.3. The fourth-order valence-corrected chi connectivity index (χ4v) is 1.91. The Morgan fingerprint density at radius 1 is 1.29 bits per heavy atom. The van der Waals surface area contributed by atoms with Gasteiger partial charge in [-0.3, -0.25) is 14.9 Å². The molecular formula is C14H19BrN2O4. The van der Waals surface area contributed by atoms with Gasteiger partial charge in [0.05, 0.1) is 12.8 Å². The summed E-state index contributed by atoms with van der Waals surface area (Å²) in [6, 6.07) is 4.81. The summed E-state index contributed by atoms with van der Waals surface area (Å²) in [6.07, 6.45) is -0.559. The Morgan fingerprint density at radius 3 is 2.38 bits per heavy atom. The second-order valence-corrected chi connectivity index (χ2v) is 6.16. The van der Waals surface area contributed by atoms with Crippen LogP contribution in [0.3, 0.4) is 0 Å². The predicted molar refractivity (Wildman–Crippen MR) is 83.1 cm³/mol. The lowest BCUT2D eigenvalue weighted by atomic mass is 10.2. The Labute approximate surface area is 132 Å². The van der Waals surface area contributed by atoms with E-state index in [0.717, 1.165) is 5.06 Å². The number of halogens is 1. The van der Waals surface area contributed by atoms with Crippen molar-refractivity contribution < 1.29 is 19.2 Å². The molecule has 0 fully saturated rings. The molecule has 21 heavy (non-hydrogen) atoms. The van der Waals surface area contributed by atoms with Crippen molar-refractivity contribution in [3.05, 3.63) is 28.2 Å². The van der Waals surface area contributed by atoms with Gasteiger partial charge in [0.25, 0.3) is 5.91 Å². The van der Waals surface area contributed by atoms with E-state index in [2.05, 4.69) is 21.2 Å². The maximum absolute atomic E-state index is 11.9. The van der Waals surface area contributed by atoms with Gasteiger partial charge in [-0.1, -0.05) is 0 Å². The van der Waals surface area contributed by atoms with Gasteiger partial charge in [-0.15, -0.1) is 0 Å². The maximum Gasteiger partial charge on any atom is 0.412 e. The lowest BCUT2D eigenvalue weighted by molar-refractivity contribution is -0.0757. The van der Waals surface area contributed by atoms with Crippen LogP contribution < -0.4 is 5.32 Å². The van der Waals surface area contributed by atoms with Crippen LogP contribution in [-0.4, -0.2) is 36.8 Å². The Hall–Kier alpha value is -1.60. The number of carbonyl (C=O) groups is 2. The van der Waals surface area contributed by atoms with Crippen LogP contribution in [0.25, 0.3) is 0 Å². The van der Waals surface area contributed by atoms with E-state index >= 15 is 0 Å². The van der Waals surface area contributed by atoms with Gasteiger partial charge < -0.3 is 4.74 Å². The van der Waals surface area contributed by atoms with Crippen molar-refractivity contribution in [2.45, 2.75) is 26.4 Å². The Morgan fingerprint density at radius 2 is 1.90 bits per heavy atom. The number of anilines is 1. The quantitative estimate of drug-likeness (QED) is 0.840. The fraction of sp³-hybridized carbons (Fsp3) is 0.429. The molecule has 0 aliphatic carbocycles. The van der Waals surface area contributed by atoms with Gasteiger partial charge in [-0.05, 0) is 54.9 Å². The molecule has 0 heterocycles. The van der Waals surface area contributed by atoms with E-state index in [0.29, 0.717) is 15.7 Å². The number of nitrogens with one attached hydrogen (secondary N) is 1. The smallest absolute Gasteiger partial charge is 0.412 e. The number of hydroxylamine groups is 2. The molecule has 0 saturated carbocycles. The molecule has 0 saturated heterocycles. The number of rotatable bonds is 3. The molecule has 2 amide bonds. The third kappa shape index (κ3) is 5.35. The highest BCUT2D eigenvalue weighted by Gasteiger charge is 2.18. The molecule has 7 heteroatoms. The minimum absolute atomic E-state index is 0.290. The Balaban J connectivity index is 2.84. The van der Waals surface area contributed by atoms with E-state index in [1.54, 1.807) is 39.0 Å². The van der Waals surface area contributed by atoms with Gasteiger partial charge in [-0.25, -0.2) is 9.86 Å². The summed E-state index contributed by atoms with van der Waals surface area (Å²) in [7, 11) is 2.93. The van der Waals surface area contributed by atoms with Crippen LogP contribution in [-0.2, 0) is 9.57 Å². The normalized spacial score (nSPS) is 11.0. The molecule has 0 spiro atoms. The van der Waals surface area contributed by atoms with E-state index < -0.39 is 11.7 Å². The van der Waals surface area contributed by atoms with Crippen LogP contribution in [0.1, 0.15) is 31.1 Å². The van der Waals surface area contributed by atoms with Gasteiger partial charge in [0, 0.05) is 17.1 Å². The molecule has 1 N–H and O–H groups in total. The topological polar surface area (TPSA) is 67.9 Å². The van der Waals surface area contributed by atoms with Crippen LogP contribution in [0, 0.1) is 0 Å². The number of hydrogen-bond acceptors (Lipinski definition) is 4. The van der Waals surface area contributed by atoms with Crippen molar-refractivity contribution >= 4 is 33.6 Å². The SMILES string of the molecule is CON(C)C(=O)c1ccc(NC(=O)OC(C)(C)C)c(Br)c1. The van der Waals surface area contributed by atoms with E-state index in [-0.39, 0.29) is 5.91 Å². The highest BCUT2D eigenvalue weighted by Crippen LogP contribution is 2.25. The van der Waals surface area contributed by atoms with Crippen molar-refractivity contribution in [2.24, 2.45) is 0 Å². The zero-order valence-electron chi connectivity index (χ0n) is 12.7. The van der Waals surface area contributed by atoms with Crippen LogP contribution in [0.4, 0.5) is 10.5 Å². The fourth-order valence-electron chi connectivity index (χ4n) is 1.43. The van der Waals surface area contributed by atoms with Gasteiger partial charge >= 0.3 is 6.09 Å². The molecule has 0 aliphatic rings. The lowest BCUT2D eigenvalue weighted by Gasteiger charge is -2.20. The number of ether oxygens (including phenoxy) is 1. The van der Waals surface area contributed by atoms with Crippen molar-refractivity contribution in [3.8, 4) is 0 Å². The summed E-state index contributed by atoms with van der Waals surface area (Å²) in [5, 5.41) is 3.73. The van der Waals surface area contributed by atoms with Crippen LogP contribution in [0.5, 0.6) is 0 Å². The van der Waals surface area contributed by atoms with E-state index in [9.17, 15) is 9.59 Å². The summed E-state index contributed by atoms with van der Waals surface area (Å²) in [5.74, 6) is -0.290. The highest BCUT2D eigenvalue weighted by atomic mass is 79.9. The minimum atomic E-state index is -0.576. The van der Waals surface area contributed by atoms with Crippen LogP contribution >= 0.6 is 15.9 Å². The van der Waals surface area contributed by atoms with Gasteiger partial charge in [0.15, 0.2) is 0 Å². The van der Waals surface area contributed by atoms with Crippen molar-refractivity contribution in [1.82, 2.24) is 5.06 Å². The summed E-state index contributed by atoms with van der Waals surface area (Å²) in [4.78, 5) is 28.5. The van der Waals surface area contributed by atoms with Gasteiger partial charge in [0.2, 0.25) is 0 Å². The third-order valence-corrected chi connectivity index (χ3v) is 3.07. The van der Waals surface area contributed by atoms with Crippen LogP contribution in [0.15, 0.2) is 22.7 Å². The Kier molecular flexibility index (Phi) is 5.74. The summed E-state index contributed by atoms with van der Waals surface area (Å²) in [6.45, 7) is 5.35. The van der Waals surface area contributed by atoms with Crippen LogP contribution in [0.2, 0.25) is 0 Å². The second-order valence-electron chi connectivity index (χ2n) is 5.31. The molecular weight excluding hydrogens is 340 g/mol. The first kappa shape index (κ1) is 17.5. The first-order chi connectivity index (χ1) is 9.64. The molecule has 1 aromatic carbocycles. The summed E-state index contributed by atoms with van der Waals surface area (Å²) < 4.78 is 5.74. The van der Waals surface area contributed by atoms with E-state index in [1.165, 1.54) is 14.2 Å². The second kappa shape index (κ2) is 6.91. The van der Waals surface area contributed by atoms with Crippen molar-refractivity contribution in [2.75, 3.05) is 19.5 Å². The molecule has 0 aromatic heterocycles. The molecule has 0 bridgehead atoms. The standard InChI is InChI=1S/C14H19BrN2O4/c1-14(2,3)21-13(19)16-11-7-6-9(8-10(11)15)12(18)17(4)20-5/h6-8H,1-5H3,(H,16,19).